The molecule has 0 aromatic rings. The van der Waals surface area contributed by atoms with Crippen molar-refractivity contribution in [2.45, 2.75) is 37.8 Å². The Labute approximate surface area is 61.6 Å². The highest BCUT2D eigenvalue weighted by atomic mass is 16.3. The van der Waals surface area contributed by atoms with Crippen LogP contribution < -0.4 is 5.32 Å². The van der Waals surface area contributed by atoms with Gasteiger partial charge in [0, 0.05) is 18.7 Å². The van der Waals surface area contributed by atoms with Crippen LogP contribution in [-0.4, -0.2) is 23.8 Å². The molecule has 0 aromatic carbocycles. The van der Waals surface area contributed by atoms with Crippen LogP contribution in [0.4, 0.5) is 0 Å². The fourth-order valence-electron chi connectivity index (χ4n) is 1.53. The van der Waals surface area contributed by atoms with E-state index in [0.29, 0.717) is 18.6 Å². The minimum Gasteiger partial charge on any atom is -0.396 e. The summed E-state index contributed by atoms with van der Waals surface area (Å²) in [5.74, 6) is 0.584. The van der Waals surface area contributed by atoms with Gasteiger partial charge in [0.25, 0.3) is 0 Å². The first-order valence-electron chi connectivity index (χ1n) is 4.27. The summed E-state index contributed by atoms with van der Waals surface area (Å²) in [6.07, 6.45) is 5.31. The van der Waals surface area contributed by atoms with E-state index < -0.39 is 0 Å². The fourth-order valence-corrected chi connectivity index (χ4v) is 1.53. The molecule has 0 saturated heterocycles. The SMILES string of the molecule is OC[C@@H]1C[C@H]1NC1CCC1. The van der Waals surface area contributed by atoms with Crippen molar-refractivity contribution in [1.82, 2.24) is 5.32 Å². The minimum absolute atomic E-state index is 0.379. The van der Waals surface area contributed by atoms with Crippen LogP contribution in [0.3, 0.4) is 0 Å². The van der Waals surface area contributed by atoms with E-state index >= 15 is 0 Å². The van der Waals surface area contributed by atoms with E-state index in [1.807, 2.05) is 0 Å². The average Bonchev–Trinajstić information content (AvgIpc) is 2.57. The van der Waals surface area contributed by atoms with Crippen LogP contribution in [0, 0.1) is 5.92 Å². The van der Waals surface area contributed by atoms with Crippen LogP contribution in [0.25, 0.3) is 0 Å². The number of aliphatic hydroxyl groups is 1. The Morgan fingerprint density at radius 2 is 2.20 bits per heavy atom. The highest BCUT2D eigenvalue weighted by molar-refractivity contribution is 4.95. The van der Waals surface area contributed by atoms with Gasteiger partial charge in [-0.3, -0.25) is 0 Å². The second kappa shape index (κ2) is 2.51. The average molecular weight is 141 g/mol. The maximum atomic E-state index is 8.74. The van der Waals surface area contributed by atoms with Crippen molar-refractivity contribution in [2.75, 3.05) is 6.61 Å². The van der Waals surface area contributed by atoms with Gasteiger partial charge in [0.1, 0.15) is 0 Å². The Bertz CT molecular complexity index is 122. The Hall–Kier alpha value is -0.0800. The third kappa shape index (κ3) is 1.18. The molecule has 0 aromatic heterocycles. The lowest BCUT2D eigenvalue weighted by atomic mass is 9.93. The Morgan fingerprint density at radius 1 is 1.40 bits per heavy atom. The second-order valence-corrected chi connectivity index (χ2v) is 3.58. The number of hydrogen-bond acceptors (Lipinski definition) is 2. The van der Waals surface area contributed by atoms with E-state index in [1.54, 1.807) is 0 Å². The molecular formula is C8H15NO. The number of aliphatic hydroxyl groups excluding tert-OH is 1. The zero-order chi connectivity index (χ0) is 6.97. The summed E-state index contributed by atoms with van der Waals surface area (Å²) in [5, 5.41) is 12.3. The van der Waals surface area contributed by atoms with Crippen molar-refractivity contribution in [1.29, 1.82) is 0 Å². The molecule has 0 radical (unpaired) electrons. The molecule has 2 aliphatic carbocycles. The van der Waals surface area contributed by atoms with Crippen molar-refractivity contribution >= 4 is 0 Å². The molecule has 0 unspecified atom stereocenters. The summed E-state index contributed by atoms with van der Waals surface area (Å²) in [6.45, 7) is 0.379. The maximum Gasteiger partial charge on any atom is 0.0474 e. The lowest BCUT2D eigenvalue weighted by molar-refractivity contribution is 0.261. The van der Waals surface area contributed by atoms with Gasteiger partial charge in [-0.25, -0.2) is 0 Å². The Morgan fingerprint density at radius 3 is 2.60 bits per heavy atom. The highest BCUT2D eigenvalue weighted by Crippen LogP contribution is 2.32. The Balaban J connectivity index is 1.63. The van der Waals surface area contributed by atoms with Gasteiger partial charge in [0.15, 0.2) is 0 Å². The quantitative estimate of drug-likeness (QED) is 0.600. The molecule has 2 fully saturated rings. The van der Waals surface area contributed by atoms with Gasteiger partial charge in [-0.05, 0) is 25.2 Å². The molecule has 2 heteroatoms. The summed E-state index contributed by atoms with van der Waals surface area (Å²) in [4.78, 5) is 0. The monoisotopic (exact) mass is 141 g/mol. The molecule has 0 bridgehead atoms. The smallest absolute Gasteiger partial charge is 0.0474 e. The summed E-state index contributed by atoms with van der Waals surface area (Å²) in [7, 11) is 0. The maximum absolute atomic E-state index is 8.74. The predicted octanol–water partition coefficient (Wildman–Crippen LogP) is 0.509. The van der Waals surface area contributed by atoms with Crippen LogP contribution in [-0.2, 0) is 0 Å². The van der Waals surface area contributed by atoms with E-state index in [2.05, 4.69) is 5.32 Å². The van der Waals surface area contributed by atoms with Crippen molar-refractivity contribution in [3.63, 3.8) is 0 Å². The van der Waals surface area contributed by atoms with Crippen LogP contribution >= 0.6 is 0 Å². The molecule has 0 heterocycles. The topological polar surface area (TPSA) is 32.3 Å². The van der Waals surface area contributed by atoms with Crippen LogP contribution in [0.5, 0.6) is 0 Å². The highest BCUT2D eigenvalue weighted by Gasteiger charge is 2.38. The summed E-state index contributed by atoms with van der Waals surface area (Å²) >= 11 is 0. The first-order chi connectivity index (χ1) is 4.90. The molecule has 2 N–H and O–H groups in total. The van der Waals surface area contributed by atoms with Crippen LogP contribution in [0.2, 0.25) is 0 Å². The molecule has 0 spiro atoms. The van der Waals surface area contributed by atoms with E-state index in [4.69, 9.17) is 5.11 Å². The van der Waals surface area contributed by atoms with Crippen LogP contribution in [0.1, 0.15) is 25.7 Å². The summed E-state index contributed by atoms with van der Waals surface area (Å²) < 4.78 is 0. The third-order valence-electron chi connectivity index (χ3n) is 2.71. The van der Waals surface area contributed by atoms with Gasteiger partial charge >= 0.3 is 0 Å². The lowest BCUT2D eigenvalue weighted by Gasteiger charge is -2.26. The molecule has 2 atom stereocenters. The van der Waals surface area contributed by atoms with Crippen molar-refractivity contribution in [2.24, 2.45) is 5.92 Å². The van der Waals surface area contributed by atoms with E-state index in [0.717, 1.165) is 6.04 Å². The zero-order valence-corrected chi connectivity index (χ0v) is 6.21. The van der Waals surface area contributed by atoms with Crippen molar-refractivity contribution < 1.29 is 5.11 Å². The largest absolute Gasteiger partial charge is 0.396 e. The van der Waals surface area contributed by atoms with Crippen LogP contribution in [0.15, 0.2) is 0 Å². The van der Waals surface area contributed by atoms with Gasteiger partial charge in [-0.15, -0.1) is 0 Å². The molecule has 2 nitrogen and oxygen atoms in total. The minimum atomic E-state index is 0.379. The number of rotatable bonds is 3. The Kier molecular flexibility index (Phi) is 1.66. The van der Waals surface area contributed by atoms with Gasteiger partial charge in [0.2, 0.25) is 0 Å². The molecule has 0 amide bonds. The van der Waals surface area contributed by atoms with Crippen molar-refractivity contribution in [3.8, 4) is 0 Å². The molecular weight excluding hydrogens is 126 g/mol. The molecule has 0 aliphatic heterocycles. The van der Waals surface area contributed by atoms with Gasteiger partial charge in [-0.1, -0.05) is 6.42 Å². The standard InChI is InChI=1S/C8H15NO/c10-5-6-4-8(6)9-7-2-1-3-7/h6-10H,1-5H2/t6-,8+/m0/s1. The number of nitrogens with one attached hydrogen (secondary N) is 1. The van der Waals surface area contributed by atoms with E-state index in [1.165, 1.54) is 25.7 Å². The van der Waals surface area contributed by atoms with Gasteiger partial charge < -0.3 is 10.4 Å². The molecule has 58 valence electrons. The van der Waals surface area contributed by atoms with Gasteiger partial charge in [0.05, 0.1) is 0 Å². The normalized spacial score (nSPS) is 39.3. The third-order valence-corrected chi connectivity index (χ3v) is 2.71. The molecule has 2 saturated carbocycles. The molecule has 2 aliphatic rings. The first kappa shape index (κ1) is 6.62. The molecule has 2 rings (SSSR count). The van der Waals surface area contributed by atoms with E-state index in [9.17, 15) is 0 Å². The number of hydrogen-bond donors (Lipinski definition) is 2. The zero-order valence-electron chi connectivity index (χ0n) is 6.21. The van der Waals surface area contributed by atoms with Gasteiger partial charge in [-0.2, -0.15) is 0 Å². The second-order valence-electron chi connectivity index (χ2n) is 3.58. The first-order valence-corrected chi connectivity index (χ1v) is 4.27. The lowest BCUT2D eigenvalue weighted by Crippen LogP contribution is -2.37. The summed E-state index contributed by atoms with van der Waals surface area (Å²) in [6, 6.07) is 1.46. The molecule has 10 heavy (non-hydrogen) atoms. The fraction of sp³-hybridized carbons (Fsp3) is 1.00. The summed E-state index contributed by atoms with van der Waals surface area (Å²) in [5.41, 5.74) is 0. The van der Waals surface area contributed by atoms with E-state index in [-0.39, 0.29) is 0 Å². The van der Waals surface area contributed by atoms with Crippen molar-refractivity contribution in [3.05, 3.63) is 0 Å². The predicted molar refractivity (Wildman–Crippen MR) is 39.8 cm³/mol.